The Kier molecular flexibility index (Phi) is 3.99. The number of primary amides is 1. The van der Waals surface area contributed by atoms with Gasteiger partial charge in [-0.3, -0.25) is 4.79 Å². The zero-order valence-corrected chi connectivity index (χ0v) is 12.3. The van der Waals surface area contributed by atoms with Crippen molar-refractivity contribution in [2.24, 2.45) is 5.73 Å². The molecule has 0 fully saturated rings. The van der Waals surface area contributed by atoms with E-state index in [1.54, 1.807) is 24.3 Å². The van der Waals surface area contributed by atoms with Gasteiger partial charge < -0.3 is 11.5 Å². The first-order valence-electron chi connectivity index (χ1n) is 6.31. The van der Waals surface area contributed by atoms with Crippen molar-refractivity contribution in [1.29, 1.82) is 0 Å². The number of hydrogen-bond acceptors (Lipinski definition) is 4. The molecule has 0 aromatic heterocycles. The van der Waals surface area contributed by atoms with E-state index in [2.05, 4.69) is 0 Å². The third kappa shape index (κ3) is 3.05. The molecule has 0 heterocycles. The largest absolute Gasteiger partial charge is 0.399 e. The zero-order chi connectivity index (χ0) is 15.6. The first-order valence-corrected chi connectivity index (χ1v) is 7.86. The second-order valence-corrected chi connectivity index (χ2v) is 7.01. The number of rotatable bonds is 4. The van der Waals surface area contributed by atoms with Gasteiger partial charge in [-0.05, 0) is 42.3 Å². The molecule has 6 heteroatoms. The van der Waals surface area contributed by atoms with E-state index in [-0.39, 0.29) is 4.90 Å². The number of amides is 1. The van der Waals surface area contributed by atoms with Gasteiger partial charge in [-0.2, -0.15) is 0 Å². The fraction of sp³-hybridized carbons (Fsp3) is 0.133. The Labute approximate surface area is 123 Å². The van der Waals surface area contributed by atoms with Gasteiger partial charge in [0.05, 0.1) is 4.90 Å². The molecule has 1 amide bonds. The molecule has 2 aromatic rings. The fourth-order valence-corrected chi connectivity index (χ4v) is 3.14. The predicted octanol–water partition coefficient (Wildman–Crippen LogP) is 1.58. The van der Waals surface area contributed by atoms with Crippen LogP contribution >= 0.6 is 0 Å². The molecule has 0 aliphatic heterocycles. The fourth-order valence-electron chi connectivity index (χ4n) is 1.91. The van der Waals surface area contributed by atoms with Crippen LogP contribution in [0.5, 0.6) is 0 Å². The number of anilines is 1. The Morgan fingerprint density at radius 3 is 2.19 bits per heavy atom. The molecule has 1 atom stereocenters. The van der Waals surface area contributed by atoms with Crippen LogP contribution in [-0.4, -0.2) is 19.6 Å². The Balaban J connectivity index is 2.38. The molecule has 4 N–H and O–H groups in total. The van der Waals surface area contributed by atoms with E-state index in [1.807, 2.05) is 12.1 Å². The highest BCUT2D eigenvalue weighted by molar-refractivity contribution is 7.92. The molecule has 0 saturated carbocycles. The molecule has 0 aliphatic rings. The quantitative estimate of drug-likeness (QED) is 0.837. The molecule has 0 saturated heterocycles. The third-order valence-corrected chi connectivity index (χ3v) is 5.36. The van der Waals surface area contributed by atoms with Crippen LogP contribution in [0.15, 0.2) is 53.4 Å². The van der Waals surface area contributed by atoms with Crippen molar-refractivity contribution in [2.45, 2.75) is 17.1 Å². The lowest BCUT2D eigenvalue weighted by Gasteiger charge is -2.10. The first kappa shape index (κ1) is 15.1. The van der Waals surface area contributed by atoms with E-state index in [0.29, 0.717) is 5.69 Å². The number of nitrogens with two attached hydrogens (primary N) is 2. The Hall–Kier alpha value is -2.34. The average Bonchev–Trinajstić information content (AvgIpc) is 2.46. The number of carbonyl (C=O) groups excluding carboxylic acids is 1. The van der Waals surface area contributed by atoms with E-state index in [1.165, 1.54) is 19.1 Å². The smallest absolute Gasteiger partial charge is 0.235 e. The molecule has 110 valence electrons. The van der Waals surface area contributed by atoms with Crippen molar-refractivity contribution >= 4 is 21.4 Å². The summed E-state index contributed by atoms with van der Waals surface area (Å²) in [6.07, 6.45) is 0. The van der Waals surface area contributed by atoms with Crippen molar-refractivity contribution in [3.05, 3.63) is 48.5 Å². The van der Waals surface area contributed by atoms with Gasteiger partial charge in [0.25, 0.3) is 0 Å². The number of benzene rings is 2. The van der Waals surface area contributed by atoms with E-state index >= 15 is 0 Å². The van der Waals surface area contributed by atoms with Crippen LogP contribution in [0.1, 0.15) is 6.92 Å². The summed E-state index contributed by atoms with van der Waals surface area (Å²) in [5, 5.41) is -1.25. The maximum absolute atomic E-state index is 12.2. The molecule has 0 radical (unpaired) electrons. The van der Waals surface area contributed by atoms with Gasteiger partial charge in [0, 0.05) is 5.69 Å². The molecule has 0 aliphatic carbocycles. The van der Waals surface area contributed by atoms with Gasteiger partial charge in [0.15, 0.2) is 9.84 Å². The molecule has 0 bridgehead atoms. The van der Waals surface area contributed by atoms with E-state index in [9.17, 15) is 13.2 Å². The minimum Gasteiger partial charge on any atom is -0.399 e. The highest BCUT2D eigenvalue weighted by atomic mass is 32.2. The van der Waals surface area contributed by atoms with Crippen LogP contribution in [0.4, 0.5) is 5.69 Å². The SMILES string of the molecule is CC(C(N)=O)S(=O)(=O)c1ccc(-c2cccc(N)c2)cc1. The van der Waals surface area contributed by atoms with Gasteiger partial charge in [0.1, 0.15) is 5.25 Å². The van der Waals surface area contributed by atoms with Crippen molar-refractivity contribution in [3.63, 3.8) is 0 Å². The first-order chi connectivity index (χ1) is 9.82. The number of nitrogen functional groups attached to an aromatic ring is 1. The Morgan fingerprint density at radius 1 is 1.05 bits per heavy atom. The summed E-state index contributed by atoms with van der Waals surface area (Å²) in [6.45, 7) is 1.28. The standard InChI is InChI=1S/C15H16N2O3S/c1-10(15(17)18)21(19,20)14-7-5-11(6-8-14)12-3-2-4-13(16)9-12/h2-10H,16H2,1H3,(H2,17,18). The van der Waals surface area contributed by atoms with Gasteiger partial charge in [0.2, 0.25) is 5.91 Å². The minimum absolute atomic E-state index is 0.0708. The van der Waals surface area contributed by atoms with Gasteiger partial charge in [-0.15, -0.1) is 0 Å². The van der Waals surface area contributed by atoms with Gasteiger partial charge in [-0.1, -0.05) is 24.3 Å². The summed E-state index contributed by atoms with van der Waals surface area (Å²) in [7, 11) is -3.74. The lowest BCUT2D eigenvalue weighted by atomic mass is 10.1. The zero-order valence-electron chi connectivity index (χ0n) is 11.5. The van der Waals surface area contributed by atoms with Gasteiger partial charge in [-0.25, -0.2) is 8.42 Å². The molecule has 1 unspecified atom stereocenters. The predicted molar refractivity (Wildman–Crippen MR) is 82.1 cm³/mol. The molecular weight excluding hydrogens is 288 g/mol. The summed E-state index contributed by atoms with van der Waals surface area (Å²) in [6, 6.07) is 13.6. The summed E-state index contributed by atoms with van der Waals surface area (Å²) < 4.78 is 24.3. The van der Waals surface area contributed by atoms with E-state index < -0.39 is 21.0 Å². The van der Waals surface area contributed by atoms with Crippen LogP contribution in [0, 0.1) is 0 Å². The minimum atomic E-state index is -3.74. The molecule has 2 rings (SSSR count). The topological polar surface area (TPSA) is 103 Å². The van der Waals surface area contributed by atoms with Gasteiger partial charge >= 0.3 is 0 Å². The Bertz CT molecular complexity index is 768. The van der Waals surface area contributed by atoms with Crippen molar-refractivity contribution < 1.29 is 13.2 Å². The summed E-state index contributed by atoms with van der Waals surface area (Å²) in [4.78, 5) is 11.1. The lowest BCUT2D eigenvalue weighted by Crippen LogP contribution is -2.33. The molecule has 5 nitrogen and oxygen atoms in total. The maximum Gasteiger partial charge on any atom is 0.235 e. The van der Waals surface area contributed by atoms with Crippen LogP contribution < -0.4 is 11.5 Å². The molecule has 21 heavy (non-hydrogen) atoms. The maximum atomic E-state index is 12.2. The molecule has 2 aromatic carbocycles. The third-order valence-electron chi connectivity index (χ3n) is 3.27. The van der Waals surface area contributed by atoms with Crippen LogP contribution in [-0.2, 0) is 14.6 Å². The highest BCUT2D eigenvalue weighted by Gasteiger charge is 2.27. The summed E-state index contributed by atoms with van der Waals surface area (Å²) in [5.74, 6) is -0.866. The lowest BCUT2D eigenvalue weighted by molar-refractivity contribution is -0.117. The highest BCUT2D eigenvalue weighted by Crippen LogP contribution is 2.24. The number of hydrogen-bond donors (Lipinski definition) is 2. The summed E-state index contributed by atoms with van der Waals surface area (Å²) in [5.41, 5.74) is 13.1. The van der Waals surface area contributed by atoms with E-state index in [4.69, 9.17) is 11.5 Å². The monoisotopic (exact) mass is 304 g/mol. The van der Waals surface area contributed by atoms with Crippen LogP contribution in [0.3, 0.4) is 0 Å². The Morgan fingerprint density at radius 2 is 1.67 bits per heavy atom. The van der Waals surface area contributed by atoms with Crippen molar-refractivity contribution in [1.82, 2.24) is 0 Å². The second kappa shape index (κ2) is 5.57. The van der Waals surface area contributed by atoms with E-state index in [0.717, 1.165) is 11.1 Å². The second-order valence-electron chi connectivity index (χ2n) is 4.74. The molecular formula is C15H16N2O3S. The number of carbonyl (C=O) groups is 1. The van der Waals surface area contributed by atoms with Crippen LogP contribution in [0.25, 0.3) is 11.1 Å². The van der Waals surface area contributed by atoms with Crippen molar-refractivity contribution in [3.8, 4) is 11.1 Å². The van der Waals surface area contributed by atoms with Crippen molar-refractivity contribution in [2.75, 3.05) is 5.73 Å². The molecule has 0 spiro atoms. The summed E-state index contributed by atoms with van der Waals surface area (Å²) >= 11 is 0. The normalized spacial score (nSPS) is 12.8. The number of sulfone groups is 1. The average molecular weight is 304 g/mol. The van der Waals surface area contributed by atoms with Crippen LogP contribution in [0.2, 0.25) is 0 Å².